The van der Waals surface area contributed by atoms with Crippen LogP contribution >= 0.6 is 0 Å². The van der Waals surface area contributed by atoms with Crippen LogP contribution in [0.3, 0.4) is 0 Å². The molecule has 0 aromatic heterocycles. The summed E-state index contributed by atoms with van der Waals surface area (Å²) in [4.78, 5) is 12.6. The minimum atomic E-state index is -1.12. The predicted octanol–water partition coefficient (Wildman–Crippen LogP) is 2.14. The molecule has 0 spiro atoms. The van der Waals surface area contributed by atoms with Crippen LogP contribution in [0.4, 0.5) is 10.1 Å². The Hall–Kier alpha value is -1.62. The summed E-state index contributed by atoms with van der Waals surface area (Å²) in [7, 11) is 0. The van der Waals surface area contributed by atoms with Gasteiger partial charge in [-0.1, -0.05) is 0 Å². The zero-order valence-electron chi connectivity index (χ0n) is 10.4. The average Bonchev–Trinajstić information content (AvgIpc) is 2.27. The zero-order chi connectivity index (χ0) is 13.3. The van der Waals surface area contributed by atoms with E-state index in [0.29, 0.717) is 25.4 Å². The molecule has 1 aliphatic rings. The molecule has 1 aromatic carbocycles. The summed E-state index contributed by atoms with van der Waals surface area (Å²) < 4.78 is 19.5. The Morgan fingerprint density at radius 1 is 1.50 bits per heavy atom. The molecule has 1 N–H and O–H groups in total. The van der Waals surface area contributed by atoms with E-state index in [2.05, 4.69) is 0 Å². The quantitative estimate of drug-likeness (QED) is 0.877. The SMILES string of the molecule is CC1(C)CN(c2ccc(C(=O)O)cc2F)CCO1. The number of carboxylic acid groups (broad SMARTS) is 1. The Kier molecular flexibility index (Phi) is 3.26. The van der Waals surface area contributed by atoms with Crippen molar-refractivity contribution in [2.24, 2.45) is 0 Å². The molecule has 98 valence electrons. The number of morpholine rings is 1. The first-order valence-corrected chi connectivity index (χ1v) is 5.81. The van der Waals surface area contributed by atoms with Crippen LogP contribution in [0.1, 0.15) is 24.2 Å². The van der Waals surface area contributed by atoms with Crippen molar-refractivity contribution in [2.45, 2.75) is 19.4 Å². The van der Waals surface area contributed by atoms with Gasteiger partial charge in [0.2, 0.25) is 0 Å². The molecule has 0 unspecified atom stereocenters. The molecule has 0 atom stereocenters. The van der Waals surface area contributed by atoms with Gasteiger partial charge in [-0.05, 0) is 32.0 Å². The van der Waals surface area contributed by atoms with Crippen molar-refractivity contribution in [3.05, 3.63) is 29.6 Å². The van der Waals surface area contributed by atoms with Crippen LogP contribution in [0.5, 0.6) is 0 Å². The molecule has 2 rings (SSSR count). The number of nitrogens with zero attached hydrogens (tertiary/aromatic N) is 1. The maximum absolute atomic E-state index is 13.9. The summed E-state index contributed by atoms with van der Waals surface area (Å²) in [6, 6.07) is 3.99. The fraction of sp³-hybridized carbons (Fsp3) is 0.462. The van der Waals surface area contributed by atoms with Gasteiger partial charge in [0.1, 0.15) is 5.82 Å². The van der Waals surface area contributed by atoms with Gasteiger partial charge in [-0.15, -0.1) is 0 Å². The van der Waals surface area contributed by atoms with Gasteiger partial charge in [0.25, 0.3) is 0 Å². The lowest BCUT2D eigenvalue weighted by molar-refractivity contribution is -0.0278. The van der Waals surface area contributed by atoms with E-state index in [0.717, 1.165) is 6.07 Å². The van der Waals surface area contributed by atoms with Crippen molar-refractivity contribution in [3.8, 4) is 0 Å². The molecule has 0 saturated carbocycles. The Labute approximate surface area is 105 Å². The van der Waals surface area contributed by atoms with E-state index in [4.69, 9.17) is 9.84 Å². The van der Waals surface area contributed by atoms with Gasteiger partial charge in [-0.25, -0.2) is 9.18 Å². The number of benzene rings is 1. The van der Waals surface area contributed by atoms with Gasteiger partial charge < -0.3 is 14.7 Å². The Balaban J connectivity index is 2.26. The maximum atomic E-state index is 13.9. The summed E-state index contributed by atoms with van der Waals surface area (Å²) in [6.45, 7) is 5.61. The minimum absolute atomic E-state index is 0.0382. The number of hydrogen-bond acceptors (Lipinski definition) is 3. The van der Waals surface area contributed by atoms with E-state index in [1.54, 1.807) is 0 Å². The highest BCUT2D eigenvalue weighted by Gasteiger charge is 2.28. The average molecular weight is 253 g/mol. The Bertz CT molecular complexity index is 473. The molecule has 1 aliphatic heterocycles. The van der Waals surface area contributed by atoms with Crippen LogP contribution in [-0.2, 0) is 4.74 Å². The highest BCUT2D eigenvalue weighted by molar-refractivity contribution is 5.88. The number of hydrogen-bond donors (Lipinski definition) is 1. The number of carboxylic acids is 1. The smallest absolute Gasteiger partial charge is 0.335 e. The largest absolute Gasteiger partial charge is 0.478 e. The fourth-order valence-electron chi connectivity index (χ4n) is 2.12. The monoisotopic (exact) mass is 253 g/mol. The first-order valence-electron chi connectivity index (χ1n) is 5.81. The minimum Gasteiger partial charge on any atom is -0.478 e. The number of aromatic carboxylic acids is 1. The number of ether oxygens (including phenoxy) is 1. The van der Waals surface area contributed by atoms with Gasteiger partial charge in [-0.2, -0.15) is 0 Å². The van der Waals surface area contributed by atoms with Crippen molar-refractivity contribution in [2.75, 3.05) is 24.6 Å². The van der Waals surface area contributed by atoms with E-state index in [1.807, 2.05) is 18.7 Å². The second kappa shape index (κ2) is 4.57. The molecule has 1 aromatic rings. The molecule has 18 heavy (non-hydrogen) atoms. The van der Waals surface area contributed by atoms with Crippen molar-refractivity contribution < 1.29 is 19.0 Å². The van der Waals surface area contributed by atoms with Crippen LogP contribution in [0, 0.1) is 5.82 Å². The third-order valence-corrected chi connectivity index (χ3v) is 2.96. The van der Waals surface area contributed by atoms with Gasteiger partial charge in [-0.3, -0.25) is 0 Å². The second-order valence-electron chi connectivity index (χ2n) is 5.00. The van der Waals surface area contributed by atoms with Crippen molar-refractivity contribution in [1.29, 1.82) is 0 Å². The predicted molar refractivity (Wildman–Crippen MR) is 65.6 cm³/mol. The molecule has 1 heterocycles. The van der Waals surface area contributed by atoms with E-state index < -0.39 is 11.8 Å². The maximum Gasteiger partial charge on any atom is 0.335 e. The van der Waals surface area contributed by atoms with Gasteiger partial charge >= 0.3 is 5.97 Å². The van der Waals surface area contributed by atoms with Gasteiger partial charge in [0, 0.05) is 13.1 Å². The highest BCUT2D eigenvalue weighted by Crippen LogP contribution is 2.26. The summed E-state index contributed by atoms with van der Waals surface area (Å²) in [5.74, 6) is -1.63. The van der Waals surface area contributed by atoms with Crippen molar-refractivity contribution in [1.82, 2.24) is 0 Å². The summed E-state index contributed by atoms with van der Waals surface area (Å²) in [6.07, 6.45) is 0. The molecule has 0 bridgehead atoms. The molecule has 1 fully saturated rings. The van der Waals surface area contributed by atoms with E-state index >= 15 is 0 Å². The highest BCUT2D eigenvalue weighted by atomic mass is 19.1. The van der Waals surface area contributed by atoms with E-state index in [9.17, 15) is 9.18 Å². The van der Waals surface area contributed by atoms with E-state index in [-0.39, 0.29) is 11.2 Å². The first kappa shape index (κ1) is 12.8. The molecule has 0 radical (unpaired) electrons. The summed E-state index contributed by atoms with van der Waals surface area (Å²) in [5, 5.41) is 8.79. The molecule has 1 saturated heterocycles. The van der Waals surface area contributed by atoms with E-state index in [1.165, 1.54) is 12.1 Å². The standard InChI is InChI=1S/C13H16FNO3/c1-13(2)8-15(5-6-18-13)11-4-3-9(12(16)17)7-10(11)14/h3-4,7H,5-6,8H2,1-2H3,(H,16,17). The van der Waals surface area contributed by atoms with Crippen LogP contribution in [0.15, 0.2) is 18.2 Å². The van der Waals surface area contributed by atoms with Crippen molar-refractivity contribution >= 4 is 11.7 Å². The zero-order valence-corrected chi connectivity index (χ0v) is 10.4. The second-order valence-corrected chi connectivity index (χ2v) is 5.00. The number of halogens is 1. The first-order chi connectivity index (χ1) is 8.39. The lowest BCUT2D eigenvalue weighted by Crippen LogP contribution is -2.48. The Morgan fingerprint density at radius 2 is 2.22 bits per heavy atom. The Morgan fingerprint density at radius 3 is 2.78 bits per heavy atom. The molecule has 0 amide bonds. The number of anilines is 1. The summed E-state index contributed by atoms with van der Waals surface area (Å²) >= 11 is 0. The number of carbonyl (C=O) groups is 1. The lowest BCUT2D eigenvalue weighted by Gasteiger charge is -2.39. The third-order valence-electron chi connectivity index (χ3n) is 2.96. The molecular formula is C13H16FNO3. The molecule has 4 nitrogen and oxygen atoms in total. The van der Waals surface area contributed by atoms with Crippen LogP contribution in [-0.4, -0.2) is 36.4 Å². The van der Waals surface area contributed by atoms with Crippen molar-refractivity contribution in [3.63, 3.8) is 0 Å². The molecule has 5 heteroatoms. The van der Waals surface area contributed by atoms with Crippen LogP contribution in [0.2, 0.25) is 0 Å². The van der Waals surface area contributed by atoms with Crippen LogP contribution < -0.4 is 4.90 Å². The topological polar surface area (TPSA) is 49.8 Å². The fourth-order valence-corrected chi connectivity index (χ4v) is 2.12. The van der Waals surface area contributed by atoms with Gasteiger partial charge in [0.15, 0.2) is 0 Å². The van der Waals surface area contributed by atoms with Crippen LogP contribution in [0.25, 0.3) is 0 Å². The third kappa shape index (κ3) is 2.61. The normalized spacial score (nSPS) is 18.7. The molecular weight excluding hydrogens is 237 g/mol. The summed E-state index contributed by atoms with van der Waals surface area (Å²) in [5.41, 5.74) is 0.0658. The van der Waals surface area contributed by atoms with Gasteiger partial charge in [0.05, 0.1) is 23.5 Å². The number of rotatable bonds is 2. The molecule has 0 aliphatic carbocycles. The lowest BCUT2D eigenvalue weighted by atomic mass is 10.1.